The van der Waals surface area contributed by atoms with Crippen LogP contribution >= 0.6 is 11.6 Å². The van der Waals surface area contributed by atoms with E-state index in [1.807, 2.05) is 0 Å². The Hall–Kier alpha value is -1.75. The van der Waals surface area contributed by atoms with Gasteiger partial charge in [-0.3, -0.25) is 9.59 Å². The molecular weight excluding hydrogens is 294 g/mol. The molecule has 2 rings (SSSR count). The number of aliphatic carboxylic acids is 1. The SMILES string of the molecule is CC(C(=O)O)C(=O)Nc1ccc(OC2CCCC2)c(Cl)c1. The van der Waals surface area contributed by atoms with Gasteiger partial charge in [0.15, 0.2) is 0 Å². The average molecular weight is 312 g/mol. The Morgan fingerprint density at radius 2 is 2.05 bits per heavy atom. The number of hydrogen-bond acceptors (Lipinski definition) is 3. The standard InChI is InChI=1S/C15H18ClNO4/c1-9(15(19)20)14(18)17-10-6-7-13(12(16)8-10)21-11-4-2-3-5-11/h6-9,11H,2-5H2,1H3,(H,17,18)(H,19,20). The second-order valence-electron chi connectivity index (χ2n) is 5.22. The third-order valence-electron chi connectivity index (χ3n) is 3.56. The van der Waals surface area contributed by atoms with Crippen molar-refractivity contribution >= 4 is 29.2 Å². The number of ether oxygens (including phenoxy) is 1. The molecule has 0 bridgehead atoms. The first kappa shape index (κ1) is 15.6. The Balaban J connectivity index is 2.01. The van der Waals surface area contributed by atoms with Gasteiger partial charge in [-0.2, -0.15) is 0 Å². The van der Waals surface area contributed by atoms with Crippen molar-refractivity contribution in [3.05, 3.63) is 23.2 Å². The number of carboxylic acid groups (broad SMARTS) is 1. The van der Waals surface area contributed by atoms with Crippen LogP contribution < -0.4 is 10.1 Å². The monoisotopic (exact) mass is 311 g/mol. The molecule has 1 aliphatic rings. The van der Waals surface area contributed by atoms with Crippen LogP contribution in [0.15, 0.2) is 18.2 Å². The summed E-state index contributed by atoms with van der Waals surface area (Å²) in [4.78, 5) is 22.4. The van der Waals surface area contributed by atoms with Crippen LogP contribution in [0.1, 0.15) is 32.6 Å². The first-order valence-electron chi connectivity index (χ1n) is 6.97. The summed E-state index contributed by atoms with van der Waals surface area (Å²) in [5.74, 6) is -2.27. The maximum Gasteiger partial charge on any atom is 0.315 e. The lowest BCUT2D eigenvalue weighted by atomic mass is 10.1. The van der Waals surface area contributed by atoms with Crippen molar-refractivity contribution in [3.8, 4) is 5.75 Å². The fraction of sp³-hybridized carbons (Fsp3) is 0.467. The van der Waals surface area contributed by atoms with E-state index >= 15 is 0 Å². The summed E-state index contributed by atoms with van der Waals surface area (Å²) in [6, 6.07) is 4.92. The third kappa shape index (κ3) is 4.11. The fourth-order valence-corrected chi connectivity index (χ4v) is 2.45. The highest BCUT2D eigenvalue weighted by Crippen LogP contribution is 2.31. The van der Waals surface area contributed by atoms with Gasteiger partial charge in [0, 0.05) is 5.69 Å². The highest BCUT2D eigenvalue weighted by Gasteiger charge is 2.21. The summed E-state index contributed by atoms with van der Waals surface area (Å²) in [5.41, 5.74) is 0.455. The molecule has 1 saturated carbocycles. The van der Waals surface area contributed by atoms with Gasteiger partial charge in [0.25, 0.3) is 0 Å². The van der Waals surface area contributed by atoms with Crippen molar-refractivity contribution in [2.45, 2.75) is 38.7 Å². The summed E-state index contributed by atoms with van der Waals surface area (Å²) >= 11 is 6.14. The highest BCUT2D eigenvalue weighted by atomic mass is 35.5. The van der Waals surface area contributed by atoms with Gasteiger partial charge >= 0.3 is 5.97 Å². The first-order chi connectivity index (χ1) is 9.97. The molecule has 1 aliphatic carbocycles. The van der Waals surface area contributed by atoms with Crippen LogP contribution in [0.4, 0.5) is 5.69 Å². The van der Waals surface area contributed by atoms with E-state index in [1.165, 1.54) is 19.8 Å². The largest absolute Gasteiger partial charge is 0.489 e. The number of carbonyl (C=O) groups is 2. The molecule has 5 nitrogen and oxygen atoms in total. The summed E-state index contributed by atoms with van der Waals surface area (Å²) in [6.07, 6.45) is 4.61. The molecule has 0 saturated heterocycles. The van der Waals surface area contributed by atoms with Crippen molar-refractivity contribution in [1.82, 2.24) is 0 Å². The number of benzene rings is 1. The van der Waals surface area contributed by atoms with Crippen molar-refractivity contribution in [2.75, 3.05) is 5.32 Å². The molecule has 1 aromatic carbocycles. The number of carbonyl (C=O) groups excluding carboxylic acids is 1. The summed E-state index contributed by atoms with van der Waals surface area (Å²) in [7, 11) is 0. The Morgan fingerprint density at radius 1 is 1.38 bits per heavy atom. The molecule has 21 heavy (non-hydrogen) atoms. The van der Waals surface area contributed by atoms with Gasteiger partial charge < -0.3 is 15.2 Å². The van der Waals surface area contributed by atoms with E-state index in [2.05, 4.69) is 5.32 Å². The molecule has 1 fully saturated rings. The molecule has 1 amide bonds. The molecule has 0 radical (unpaired) electrons. The normalized spacial score (nSPS) is 16.5. The van der Waals surface area contributed by atoms with Gasteiger partial charge in [-0.05, 0) is 50.8 Å². The zero-order valence-corrected chi connectivity index (χ0v) is 12.5. The predicted molar refractivity (Wildman–Crippen MR) is 79.8 cm³/mol. The smallest absolute Gasteiger partial charge is 0.315 e. The van der Waals surface area contributed by atoms with E-state index in [0.29, 0.717) is 16.5 Å². The Morgan fingerprint density at radius 3 is 2.62 bits per heavy atom. The topological polar surface area (TPSA) is 75.6 Å². The zero-order chi connectivity index (χ0) is 15.4. The number of halogens is 1. The van der Waals surface area contributed by atoms with Gasteiger partial charge in [0.05, 0.1) is 11.1 Å². The lowest BCUT2D eigenvalue weighted by Crippen LogP contribution is -2.26. The highest BCUT2D eigenvalue weighted by molar-refractivity contribution is 6.32. The van der Waals surface area contributed by atoms with E-state index in [0.717, 1.165) is 12.8 Å². The first-order valence-corrected chi connectivity index (χ1v) is 7.35. The van der Waals surface area contributed by atoms with Crippen LogP contribution in [0.5, 0.6) is 5.75 Å². The number of carboxylic acids is 1. The van der Waals surface area contributed by atoms with Crippen LogP contribution in [0.3, 0.4) is 0 Å². The molecule has 0 aliphatic heterocycles. The van der Waals surface area contributed by atoms with Gasteiger partial charge in [0.2, 0.25) is 5.91 Å². The minimum Gasteiger partial charge on any atom is -0.489 e. The van der Waals surface area contributed by atoms with Crippen LogP contribution in [-0.4, -0.2) is 23.1 Å². The van der Waals surface area contributed by atoms with Crippen molar-refractivity contribution in [2.24, 2.45) is 5.92 Å². The molecule has 0 aromatic heterocycles. The minimum absolute atomic E-state index is 0.204. The van der Waals surface area contributed by atoms with Crippen LogP contribution in [0.25, 0.3) is 0 Å². The van der Waals surface area contributed by atoms with E-state index in [-0.39, 0.29) is 6.10 Å². The number of nitrogens with one attached hydrogen (secondary N) is 1. The molecule has 1 aromatic rings. The fourth-order valence-electron chi connectivity index (χ4n) is 2.22. The minimum atomic E-state index is -1.17. The molecule has 0 heterocycles. The summed E-state index contributed by atoms with van der Waals surface area (Å²) in [5, 5.41) is 11.7. The quantitative estimate of drug-likeness (QED) is 0.818. The average Bonchev–Trinajstić information content (AvgIpc) is 2.93. The summed E-state index contributed by atoms with van der Waals surface area (Å²) < 4.78 is 5.81. The van der Waals surface area contributed by atoms with Gasteiger partial charge in [0.1, 0.15) is 11.7 Å². The van der Waals surface area contributed by atoms with Gasteiger partial charge in [-0.25, -0.2) is 0 Å². The van der Waals surface area contributed by atoms with E-state index in [4.69, 9.17) is 21.4 Å². The maximum atomic E-state index is 11.7. The van der Waals surface area contributed by atoms with Crippen molar-refractivity contribution in [3.63, 3.8) is 0 Å². The lowest BCUT2D eigenvalue weighted by molar-refractivity contribution is -0.144. The number of amides is 1. The van der Waals surface area contributed by atoms with Gasteiger partial charge in [-0.1, -0.05) is 11.6 Å². The Labute approximate surface area is 128 Å². The maximum absolute atomic E-state index is 11.7. The van der Waals surface area contributed by atoms with E-state index in [1.54, 1.807) is 18.2 Å². The van der Waals surface area contributed by atoms with Crippen LogP contribution in [0.2, 0.25) is 5.02 Å². The molecule has 6 heteroatoms. The molecule has 114 valence electrons. The molecular formula is C15H18ClNO4. The number of rotatable bonds is 5. The molecule has 1 unspecified atom stereocenters. The predicted octanol–water partition coefficient (Wildman–Crippen LogP) is 3.32. The molecule has 2 N–H and O–H groups in total. The number of hydrogen-bond donors (Lipinski definition) is 2. The zero-order valence-electron chi connectivity index (χ0n) is 11.8. The Bertz CT molecular complexity index is 540. The number of anilines is 1. The second-order valence-corrected chi connectivity index (χ2v) is 5.63. The Kier molecular flexibility index (Phi) is 5.07. The second kappa shape index (κ2) is 6.80. The molecule has 1 atom stereocenters. The van der Waals surface area contributed by atoms with Crippen LogP contribution in [-0.2, 0) is 9.59 Å². The van der Waals surface area contributed by atoms with Gasteiger partial charge in [-0.15, -0.1) is 0 Å². The third-order valence-corrected chi connectivity index (χ3v) is 3.85. The molecule has 0 spiro atoms. The lowest BCUT2D eigenvalue weighted by Gasteiger charge is -2.15. The van der Waals surface area contributed by atoms with Crippen molar-refractivity contribution < 1.29 is 19.4 Å². The van der Waals surface area contributed by atoms with Crippen LogP contribution in [0, 0.1) is 5.92 Å². The van der Waals surface area contributed by atoms with E-state index in [9.17, 15) is 9.59 Å². The van der Waals surface area contributed by atoms with Crippen molar-refractivity contribution in [1.29, 1.82) is 0 Å². The van der Waals surface area contributed by atoms with E-state index < -0.39 is 17.8 Å². The summed E-state index contributed by atoms with van der Waals surface area (Å²) in [6.45, 7) is 1.33.